The number of methoxy groups -OCH3 is 1. The lowest BCUT2D eigenvalue weighted by atomic mass is 10.1. The van der Waals surface area contributed by atoms with Crippen molar-refractivity contribution < 1.29 is 4.74 Å². The van der Waals surface area contributed by atoms with Crippen LogP contribution in [-0.2, 0) is 4.74 Å². The molecule has 1 fully saturated rings. The maximum Gasteiger partial charge on any atom is 0.0474 e. The monoisotopic (exact) mass is 185 g/mol. The number of hydrogen-bond donors (Lipinski definition) is 1. The standard InChI is InChI=1S/C11H23NO/c1-3-11(9-10-5-6-10)12-7-4-8-13-2/h10-12H,3-9H2,1-2H3. The van der Waals surface area contributed by atoms with E-state index in [1.165, 1.54) is 25.7 Å². The van der Waals surface area contributed by atoms with Gasteiger partial charge in [-0.2, -0.15) is 0 Å². The van der Waals surface area contributed by atoms with Gasteiger partial charge in [0.05, 0.1) is 0 Å². The van der Waals surface area contributed by atoms with Crippen LogP contribution in [0.3, 0.4) is 0 Å². The number of rotatable bonds is 8. The third-order valence-electron chi connectivity index (χ3n) is 2.77. The summed E-state index contributed by atoms with van der Waals surface area (Å²) in [7, 11) is 1.77. The van der Waals surface area contributed by atoms with Crippen molar-refractivity contribution in [1.82, 2.24) is 5.32 Å². The van der Waals surface area contributed by atoms with Crippen molar-refractivity contribution in [3.63, 3.8) is 0 Å². The molecule has 1 saturated carbocycles. The molecule has 1 aliphatic carbocycles. The lowest BCUT2D eigenvalue weighted by Crippen LogP contribution is -2.30. The molecular formula is C11H23NO. The highest BCUT2D eigenvalue weighted by atomic mass is 16.5. The van der Waals surface area contributed by atoms with Gasteiger partial charge in [-0.3, -0.25) is 0 Å². The van der Waals surface area contributed by atoms with E-state index < -0.39 is 0 Å². The van der Waals surface area contributed by atoms with Crippen LogP contribution in [0.1, 0.15) is 39.0 Å². The first-order valence-corrected chi connectivity index (χ1v) is 5.59. The van der Waals surface area contributed by atoms with Gasteiger partial charge < -0.3 is 10.1 Å². The minimum atomic E-state index is 0.754. The van der Waals surface area contributed by atoms with E-state index in [-0.39, 0.29) is 0 Å². The molecule has 1 rings (SSSR count). The van der Waals surface area contributed by atoms with Crippen molar-refractivity contribution in [2.24, 2.45) is 5.92 Å². The van der Waals surface area contributed by atoms with Crippen LogP contribution in [0.25, 0.3) is 0 Å². The largest absolute Gasteiger partial charge is 0.385 e. The van der Waals surface area contributed by atoms with Crippen LogP contribution in [0.5, 0.6) is 0 Å². The Bertz CT molecular complexity index is 123. The van der Waals surface area contributed by atoms with Crippen LogP contribution in [0.4, 0.5) is 0 Å². The minimum Gasteiger partial charge on any atom is -0.385 e. The molecule has 1 aliphatic rings. The van der Waals surface area contributed by atoms with Crippen LogP contribution in [-0.4, -0.2) is 26.3 Å². The summed E-state index contributed by atoms with van der Waals surface area (Å²) in [6.07, 6.45) is 6.73. The van der Waals surface area contributed by atoms with Crippen LogP contribution < -0.4 is 5.32 Å². The molecule has 0 radical (unpaired) electrons. The predicted molar refractivity (Wildman–Crippen MR) is 55.9 cm³/mol. The van der Waals surface area contributed by atoms with E-state index in [0.717, 1.165) is 31.5 Å². The fraction of sp³-hybridized carbons (Fsp3) is 1.00. The van der Waals surface area contributed by atoms with E-state index in [9.17, 15) is 0 Å². The molecule has 2 heteroatoms. The third kappa shape index (κ3) is 5.27. The van der Waals surface area contributed by atoms with Gasteiger partial charge in [-0.05, 0) is 31.7 Å². The Morgan fingerprint density at radius 3 is 2.77 bits per heavy atom. The molecule has 0 saturated heterocycles. The van der Waals surface area contributed by atoms with E-state index in [2.05, 4.69) is 12.2 Å². The maximum absolute atomic E-state index is 5.01. The van der Waals surface area contributed by atoms with Crippen LogP contribution in [0.15, 0.2) is 0 Å². The fourth-order valence-corrected chi connectivity index (χ4v) is 1.67. The Kier molecular flexibility index (Phi) is 5.40. The van der Waals surface area contributed by atoms with E-state index in [1.807, 2.05) is 0 Å². The Morgan fingerprint density at radius 2 is 2.23 bits per heavy atom. The van der Waals surface area contributed by atoms with Crippen LogP contribution in [0, 0.1) is 5.92 Å². The molecule has 78 valence electrons. The summed E-state index contributed by atoms with van der Waals surface area (Å²) in [5, 5.41) is 3.60. The van der Waals surface area contributed by atoms with Gasteiger partial charge in [0.2, 0.25) is 0 Å². The molecule has 1 N–H and O–H groups in total. The molecular weight excluding hydrogens is 162 g/mol. The van der Waals surface area contributed by atoms with E-state index >= 15 is 0 Å². The second-order valence-corrected chi connectivity index (χ2v) is 4.08. The summed E-state index contributed by atoms with van der Waals surface area (Å²) in [6, 6.07) is 0.754. The predicted octanol–water partition coefficient (Wildman–Crippen LogP) is 2.19. The zero-order valence-corrected chi connectivity index (χ0v) is 9.01. The van der Waals surface area contributed by atoms with Crippen molar-refractivity contribution in [2.75, 3.05) is 20.3 Å². The highest BCUT2D eigenvalue weighted by Crippen LogP contribution is 2.33. The Labute approximate surface area is 82.0 Å². The van der Waals surface area contributed by atoms with E-state index in [0.29, 0.717) is 0 Å². The molecule has 1 atom stereocenters. The lowest BCUT2D eigenvalue weighted by molar-refractivity contribution is 0.192. The summed E-state index contributed by atoms with van der Waals surface area (Å²) >= 11 is 0. The topological polar surface area (TPSA) is 21.3 Å². The van der Waals surface area contributed by atoms with Gasteiger partial charge in [0, 0.05) is 19.8 Å². The van der Waals surface area contributed by atoms with Crippen molar-refractivity contribution in [3.8, 4) is 0 Å². The Morgan fingerprint density at radius 1 is 1.46 bits per heavy atom. The smallest absolute Gasteiger partial charge is 0.0474 e. The maximum atomic E-state index is 5.01. The van der Waals surface area contributed by atoms with Gasteiger partial charge in [0.1, 0.15) is 0 Å². The van der Waals surface area contributed by atoms with Crippen molar-refractivity contribution in [1.29, 1.82) is 0 Å². The molecule has 2 nitrogen and oxygen atoms in total. The first kappa shape index (κ1) is 11.0. The molecule has 13 heavy (non-hydrogen) atoms. The Balaban J connectivity index is 1.94. The summed E-state index contributed by atoms with van der Waals surface area (Å²) in [5.74, 6) is 1.04. The summed E-state index contributed by atoms with van der Waals surface area (Å²) in [6.45, 7) is 4.27. The molecule has 0 aromatic carbocycles. The molecule has 0 aromatic heterocycles. The van der Waals surface area contributed by atoms with Crippen molar-refractivity contribution in [3.05, 3.63) is 0 Å². The number of nitrogens with one attached hydrogen (secondary N) is 1. The summed E-state index contributed by atoms with van der Waals surface area (Å²) < 4.78 is 5.01. The van der Waals surface area contributed by atoms with Crippen molar-refractivity contribution in [2.45, 2.75) is 45.1 Å². The van der Waals surface area contributed by atoms with Crippen LogP contribution in [0.2, 0.25) is 0 Å². The second kappa shape index (κ2) is 6.39. The summed E-state index contributed by atoms with van der Waals surface area (Å²) in [4.78, 5) is 0. The highest BCUT2D eigenvalue weighted by molar-refractivity contribution is 4.79. The summed E-state index contributed by atoms with van der Waals surface area (Å²) in [5.41, 5.74) is 0. The van der Waals surface area contributed by atoms with Gasteiger partial charge in [0.25, 0.3) is 0 Å². The van der Waals surface area contributed by atoms with Crippen molar-refractivity contribution >= 4 is 0 Å². The first-order chi connectivity index (χ1) is 6.36. The van der Waals surface area contributed by atoms with Gasteiger partial charge in [-0.1, -0.05) is 19.8 Å². The number of hydrogen-bond acceptors (Lipinski definition) is 2. The SMILES string of the molecule is CCC(CC1CC1)NCCCOC. The highest BCUT2D eigenvalue weighted by Gasteiger charge is 2.24. The quantitative estimate of drug-likeness (QED) is 0.585. The molecule has 1 unspecified atom stereocenters. The molecule has 0 bridgehead atoms. The molecule has 0 spiro atoms. The Hall–Kier alpha value is -0.0800. The second-order valence-electron chi connectivity index (χ2n) is 4.08. The van der Waals surface area contributed by atoms with Gasteiger partial charge in [0.15, 0.2) is 0 Å². The average Bonchev–Trinajstić information content (AvgIpc) is 2.94. The minimum absolute atomic E-state index is 0.754. The zero-order chi connectivity index (χ0) is 9.52. The fourth-order valence-electron chi connectivity index (χ4n) is 1.67. The normalized spacial score (nSPS) is 18.9. The third-order valence-corrected chi connectivity index (χ3v) is 2.77. The zero-order valence-electron chi connectivity index (χ0n) is 9.01. The molecule has 0 aliphatic heterocycles. The molecule has 0 amide bonds. The van der Waals surface area contributed by atoms with E-state index in [1.54, 1.807) is 7.11 Å². The average molecular weight is 185 g/mol. The van der Waals surface area contributed by atoms with E-state index in [4.69, 9.17) is 4.74 Å². The molecule has 0 heterocycles. The lowest BCUT2D eigenvalue weighted by Gasteiger charge is -2.16. The van der Waals surface area contributed by atoms with Gasteiger partial charge in [-0.25, -0.2) is 0 Å². The van der Waals surface area contributed by atoms with Crippen LogP contribution >= 0.6 is 0 Å². The van der Waals surface area contributed by atoms with Gasteiger partial charge >= 0.3 is 0 Å². The van der Waals surface area contributed by atoms with Gasteiger partial charge in [-0.15, -0.1) is 0 Å². The number of ether oxygens (including phenoxy) is 1. The molecule has 0 aromatic rings. The first-order valence-electron chi connectivity index (χ1n) is 5.59.